The quantitative estimate of drug-likeness (QED) is 0.650. The maximum absolute atomic E-state index is 11.8. The first-order chi connectivity index (χ1) is 8.67. The van der Waals surface area contributed by atoms with Gasteiger partial charge in [-0.2, -0.15) is 0 Å². The summed E-state index contributed by atoms with van der Waals surface area (Å²) in [7, 11) is 0. The molecule has 0 aromatic carbocycles. The lowest BCUT2D eigenvalue weighted by molar-refractivity contribution is -0.140. The zero-order valence-electron chi connectivity index (χ0n) is 11.8. The number of hydrogen-bond donors (Lipinski definition) is 3. The number of carboxylic acids is 1. The lowest BCUT2D eigenvalue weighted by atomic mass is 10.1. The fraction of sp³-hybridized carbons (Fsp3) is 0.769. The molecule has 0 radical (unpaired) electrons. The third-order valence-corrected chi connectivity index (χ3v) is 3.48. The molecule has 1 fully saturated rings. The Morgan fingerprint density at radius 3 is 2.21 bits per heavy atom. The zero-order valence-corrected chi connectivity index (χ0v) is 11.8. The van der Waals surface area contributed by atoms with Crippen molar-refractivity contribution in [1.82, 2.24) is 10.6 Å². The van der Waals surface area contributed by atoms with Crippen molar-refractivity contribution in [3.63, 3.8) is 0 Å². The Kier molecular flexibility index (Phi) is 4.55. The second kappa shape index (κ2) is 5.59. The van der Waals surface area contributed by atoms with E-state index in [1.165, 1.54) is 0 Å². The summed E-state index contributed by atoms with van der Waals surface area (Å²) in [6, 6.07) is 0.0713. The normalized spacial score (nSPS) is 23.8. The number of aliphatic carboxylic acids is 1. The lowest BCUT2D eigenvalue weighted by Gasteiger charge is -2.09. The third-order valence-electron chi connectivity index (χ3n) is 3.48. The molecule has 3 N–H and O–H groups in total. The second-order valence-electron chi connectivity index (χ2n) is 5.88. The Balaban J connectivity index is 2.34. The summed E-state index contributed by atoms with van der Waals surface area (Å²) in [5, 5.41) is 14.3. The topological polar surface area (TPSA) is 95.5 Å². The van der Waals surface area contributed by atoms with Gasteiger partial charge in [-0.25, -0.2) is 0 Å². The molecule has 2 unspecified atom stereocenters. The Bertz CT molecular complexity index is 390. The molecule has 0 bridgehead atoms. The van der Waals surface area contributed by atoms with Crippen LogP contribution in [0.2, 0.25) is 0 Å². The van der Waals surface area contributed by atoms with Crippen molar-refractivity contribution >= 4 is 17.8 Å². The first kappa shape index (κ1) is 15.5. The first-order valence-corrected chi connectivity index (χ1v) is 6.47. The van der Waals surface area contributed by atoms with Gasteiger partial charge in [0.1, 0.15) is 0 Å². The predicted octanol–water partition coefficient (Wildman–Crippen LogP) is 0.374. The molecule has 1 aliphatic rings. The van der Waals surface area contributed by atoms with E-state index >= 15 is 0 Å². The molecule has 0 aliphatic heterocycles. The summed E-state index contributed by atoms with van der Waals surface area (Å²) in [6.45, 7) is 7.49. The van der Waals surface area contributed by atoms with Gasteiger partial charge in [0.2, 0.25) is 11.8 Å². The number of hydrogen-bond acceptors (Lipinski definition) is 3. The van der Waals surface area contributed by atoms with Crippen LogP contribution in [0.1, 0.15) is 34.1 Å². The van der Waals surface area contributed by atoms with E-state index in [2.05, 4.69) is 10.6 Å². The van der Waals surface area contributed by atoms with Crippen LogP contribution >= 0.6 is 0 Å². The third kappa shape index (κ3) is 3.68. The molecule has 0 heterocycles. The van der Waals surface area contributed by atoms with Crippen LogP contribution in [0.4, 0.5) is 0 Å². The van der Waals surface area contributed by atoms with E-state index in [1.807, 2.05) is 13.8 Å². The van der Waals surface area contributed by atoms with E-state index in [0.717, 1.165) is 0 Å². The minimum absolute atomic E-state index is 0.0713. The van der Waals surface area contributed by atoms with Crippen molar-refractivity contribution in [2.45, 2.75) is 40.2 Å². The second-order valence-corrected chi connectivity index (χ2v) is 5.88. The van der Waals surface area contributed by atoms with Crippen LogP contribution in [0, 0.1) is 17.3 Å². The molecule has 6 heteroatoms. The fourth-order valence-corrected chi connectivity index (χ4v) is 2.39. The number of nitrogens with one attached hydrogen (secondary N) is 2. The van der Waals surface area contributed by atoms with Gasteiger partial charge in [-0.15, -0.1) is 0 Å². The Morgan fingerprint density at radius 2 is 1.79 bits per heavy atom. The molecular weight excluding hydrogens is 248 g/mol. The summed E-state index contributed by atoms with van der Waals surface area (Å²) in [6.07, 6.45) is 0.203. The van der Waals surface area contributed by atoms with Crippen LogP contribution in [0.3, 0.4) is 0 Å². The molecular formula is C13H22N2O4. The standard InChI is InChI=1S/C13H22N2O4/c1-7(2)15-8(16)5-6-14-11(17)9-10(12(18)19)13(9,3)4/h7,9-10H,5-6H2,1-4H3,(H,14,17)(H,15,16)(H,18,19). The predicted molar refractivity (Wildman–Crippen MR) is 69.3 cm³/mol. The van der Waals surface area contributed by atoms with Crippen molar-refractivity contribution in [2.75, 3.05) is 6.54 Å². The molecule has 1 rings (SSSR count). The van der Waals surface area contributed by atoms with Crippen molar-refractivity contribution in [1.29, 1.82) is 0 Å². The number of amides is 2. The van der Waals surface area contributed by atoms with Gasteiger partial charge < -0.3 is 15.7 Å². The van der Waals surface area contributed by atoms with E-state index < -0.39 is 23.2 Å². The monoisotopic (exact) mass is 270 g/mol. The number of carbonyl (C=O) groups excluding carboxylic acids is 2. The van der Waals surface area contributed by atoms with Gasteiger partial charge in [0.05, 0.1) is 11.8 Å². The largest absolute Gasteiger partial charge is 0.481 e. The van der Waals surface area contributed by atoms with E-state index in [1.54, 1.807) is 13.8 Å². The number of rotatable bonds is 6. The van der Waals surface area contributed by atoms with Gasteiger partial charge in [0.15, 0.2) is 0 Å². The van der Waals surface area contributed by atoms with Crippen LogP contribution < -0.4 is 10.6 Å². The molecule has 108 valence electrons. The van der Waals surface area contributed by atoms with Crippen LogP contribution in [-0.2, 0) is 14.4 Å². The molecule has 0 aromatic heterocycles. The molecule has 1 saturated carbocycles. The van der Waals surface area contributed by atoms with Gasteiger partial charge in [-0.3, -0.25) is 14.4 Å². The first-order valence-electron chi connectivity index (χ1n) is 6.47. The van der Waals surface area contributed by atoms with Crippen molar-refractivity contribution in [3.8, 4) is 0 Å². The SMILES string of the molecule is CC(C)NC(=O)CCNC(=O)C1C(C(=O)O)C1(C)C. The van der Waals surface area contributed by atoms with Crippen molar-refractivity contribution in [3.05, 3.63) is 0 Å². The minimum atomic E-state index is -0.942. The molecule has 2 atom stereocenters. The minimum Gasteiger partial charge on any atom is -0.481 e. The molecule has 2 amide bonds. The highest BCUT2D eigenvalue weighted by atomic mass is 16.4. The Morgan fingerprint density at radius 1 is 1.21 bits per heavy atom. The maximum Gasteiger partial charge on any atom is 0.307 e. The molecule has 19 heavy (non-hydrogen) atoms. The van der Waals surface area contributed by atoms with Crippen LogP contribution in [0.25, 0.3) is 0 Å². The number of carbonyl (C=O) groups is 3. The van der Waals surface area contributed by atoms with Crippen molar-refractivity contribution in [2.24, 2.45) is 17.3 Å². The van der Waals surface area contributed by atoms with E-state index in [9.17, 15) is 14.4 Å². The Labute approximate surface area is 112 Å². The maximum atomic E-state index is 11.8. The van der Waals surface area contributed by atoms with Crippen LogP contribution in [-0.4, -0.2) is 35.5 Å². The molecule has 0 aromatic rings. The highest BCUT2D eigenvalue weighted by molar-refractivity contribution is 5.91. The number of carboxylic acid groups (broad SMARTS) is 1. The van der Waals surface area contributed by atoms with Gasteiger partial charge in [0, 0.05) is 19.0 Å². The van der Waals surface area contributed by atoms with Crippen LogP contribution in [0.15, 0.2) is 0 Å². The summed E-state index contributed by atoms with van der Waals surface area (Å²) >= 11 is 0. The average Bonchev–Trinajstić information content (AvgIpc) is 2.80. The molecule has 0 spiro atoms. The van der Waals surface area contributed by atoms with Gasteiger partial charge >= 0.3 is 5.97 Å². The van der Waals surface area contributed by atoms with Gasteiger partial charge in [0.25, 0.3) is 0 Å². The van der Waals surface area contributed by atoms with Crippen LogP contribution in [0.5, 0.6) is 0 Å². The highest BCUT2D eigenvalue weighted by Gasteiger charge is 2.65. The van der Waals surface area contributed by atoms with E-state index in [4.69, 9.17) is 5.11 Å². The smallest absolute Gasteiger partial charge is 0.307 e. The van der Waals surface area contributed by atoms with E-state index in [-0.39, 0.29) is 30.8 Å². The Hall–Kier alpha value is -1.59. The molecule has 1 aliphatic carbocycles. The van der Waals surface area contributed by atoms with E-state index in [0.29, 0.717) is 0 Å². The summed E-state index contributed by atoms with van der Waals surface area (Å²) < 4.78 is 0. The fourth-order valence-electron chi connectivity index (χ4n) is 2.39. The lowest BCUT2D eigenvalue weighted by Crippen LogP contribution is -2.35. The summed E-state index contributed by atoms with van der Waals surface area (Å²) in [5.74, 6) is -2.48. The summed E-state index contributed by atoms with van der Waals surface area (Å²) in [4.78, 5) is 34.1. The van der Waals surface area contributed by atoms with Gasteiger partial charge in [-0.1, -0.05) is 13.8 Å². The highest BCUT2D eigenvalue weighted by Crippen LogP contribution is 2.58. The zero-order chi connectivity index (χ0) is 14.8. The molecule has 6 nitrogen and oxygen atoms in total. The van der Waals surface area contributed by atoms with Crippen molar-refractivity contribution < 1.29 is 19.5 Å². The molecule has 0 saturated heterocycles. The summed E-state index contributed by atoms with van der Waals surface area (Å²) in [5.41, 5.74) is -0.504. The average molecular weight is 270 g/mol. The van der Waals surface area contributed by atoms with Gasteiger partial charge in [-0.05, 0) is 19.3 Å².